The van der Waals surface area contributed by atoms with Crippen LogP contribution in [-0.2, 0) is 4.74 Å². The second-order valence-corrected chi connectivity index (χ2v) is 5.55. The Labute approximate surface area is 93.2 Å². The Morgan fingerprint density at radius 1 is 1.50 bits per heavy atom. The Morgan fingerprint density at radius 3 is 2.36 bits per heavy atom. The lowest BCUT2D eigenvalue weighted by atomic mass is 10.0. The van der Waals surface area contributed by atoms with Crippen molar-refractivity contribution in [3.8, 4) is 0 Å². The Hall–Kier alpha value is -0.510. The van der Waals surface area contributed by atoms with E-state index >= 15 is 0 Å². The van der Waals surface area contributed by atoms with Gasteiger partial charge in [-0.1, -0.05) is 22.5 Å². The molecule has 0 saturated carbocycles. The van der Waals surface area contributed by atoms with Crippen molar-refractivity contribution in [1.29, 1.82) is 0 Å². The average molecular weight is 262 g/mol. The second-order valence-electron chi connectivity index (χ2n) is 4.53. The molecule has 0 aromatic heterocycles. The van der Waals surface area contributed by atoms with Crippen molar-refractivity contribution in [2.45, 2.75) is 26.4 Å². The second kappa shape index (κ2) is 3.93. The van der Waals surface area contributed by atoms with Crippen molar-refractivity contribution in [1.82, 2.24) is 4.90 Å². The first-order valence-electron chi connectivity index (χ1n) is 4.62. The van der Waals surface area contributed by atoms with Crippen LogP contribution in [0.5, 0.6) is 0 Å². The molecule has 14 heavy (non-hydrogen) atoms. The van der Waals surface area contributed by atoms with Crippen LogP contribution in [0.1, 0.15) is 20.8 Å². The largest absolute Gasteiger partial charge is 0.444 e. The standard InChI is InChI=1S/C10H16BrNO2/c1-7(11)8-5-12(6-8)9(13)14-10(2,3)4/h8H,1,5-6H2,2-4H3. The van der Waals surface area contributed by atoms with Gasteiger partial charge in [0, 0.05) is 19.0 Å². The normalized spacial score (nSPS) is 17.6. The van der Waals surface area contributed by atoms with E-state index in [1.165, 1.54) is 0 Å². The molecule has 1 rings (SSSR count). The van der Waals surface area contributed by atoms with Crippen LogP contribution in [0.15, 0.2) is 11.1 Å². The first-order valence-corrected chi connectivity index (χ1v) is 5.41. The molecule has 80 valence electrons. The number of likely N-dealkylation sites (tertiary alicyclic amines) is 1. The van der Waals surface area contributed by atoms with E-state index in [1.807, 2.05) is 20.8 Å². The third-order valence-electron chi connectivity index (χ3n) is 1.98. The van der Waals surface area contributed by atoms with Gasteiger partial charge < -0.3 is 9.64 Å². The first kappa shape index (κ1) is 11.6. The molecule has 0 aliphatic carbocycles. The number of hydrogen-bond acceptors (Lipinski definition) is 2. The molecular formula is C10H16BrNO2. The van der Waals surface area contributed by atoms with Crippen LogP contribution in [0.4, 0.5) is 4.79 Å². The van der Waals surface area contributed by atoms with Gasteiger partial charge >= 0.3 is 6.09 Å². The molecule has 0 atom stereocenters. The minimum atomic E-state index is -0.409. The summed E-state index contributed by atoms with van der Waals surface area (Å²) in [7, 11) is 0. The molecule has 4 heteroatoms. The maximum absolute atomic E-state index is 11.5. The van der Waals surface area contributed by atoms with Crippen LogP contribution in [0.25, 0.3) is 0 Å². The van der Waals surface area contributed by atoms with Gasteiger partial charge in [0.25, 0.3) is 0 Å². The molecule has 1 aliphatic heterocycles. The number of rotatable bonds is 1. The predicted molar refractivity (Wildman–Crippen MR) is 59.4 cm³/mol. The smallest absolute Gasteiger partial charge is 0.410 e. The highest BCUT2D eigenvalue weighted by Gasteiger charge is 2.34. The van der Waals surface area contributed by atoms with E-state index in [9.17, 15) is 4.79 Å². The van der Waals surface area contributed by atoms with Crippen molar-refractivity contribution >= 4 is 22.0 Å². The van der Waals surface area contributed by atoms with Gasteiger partial charge in [-0.25, -0.2) is 4.79 Å². The minimum Gasteiger partial charge on any atom is -0.444 e. The van der Waals surface area contributed by atoms with Gasteiger partial charge in [0.1, 0.15) is 5.60 Å². The van der Waals surface area contributed by atoms with Crippen molar-refractivity contribution < 1.29 is 9.53 Å². The summed E-state index contributed by atoms with van der Waals surface area (Å²) in [6.07, 6.45) is -0.234. The van der Waals surface area contributed by atoms with E-state index in [0.29, 0.717) is 19.0 Å². The van der Waals surface area contributed by atoms with Crippen LogP contribution in [0.2, 0.25) is 0 Å². The lowest BCUT2D eigenvalue weighted by Gasteiger charge is -2.39. The van der Waals surface area contributed by atoms with Gasteiger partial charge in [0.05, 0.1) is 0 Å². The fourth-order valence-corrected chi connectivity index (χ4v) is 1.44. The van der Waals surface area contributed by atoms with E-state index in [-0.39, 0.29) is 6.09 Å². The molecule has 0 aromatic carbocycles. The number of amides is 1. The molecule has 0 unspecified atom stereocenters. The monoisotopic (exact) mass is 261 g/mol. The maximum atomic E-state index is 11.5. The van der Waals surface area contributed by atoms with Gasteiger partial charge in [0.15, 0.2) is 0 Å². The van der Waals surface area contributed by atoms with Crippen molar-refractivity contribution in [2.24, 2.45) is 5.92 Å². The Balaban J connectivity index is 2.34. The van der Waals surface area contributed by atoms with E-state index < -0.39 is 5.60 Å². The first-order chi connectivity index (χ1) is 6.29. The Morgan fingerprint density at radius 2 is 2.00 bits per heavy atom. The number of carbonyl (C=O) groups excluding carboxylic acids is 1. The molecule has 3 nitrogen and oxygen atoms in total. The lowest BCUT2D eigenvalue weighted by molar-refractivity contribution is 0.00467. The van der Waals surface area contributed by atoms with Gasteiger partial charge in [-0.05, 0) is 25.3 Å². The van der Waals surface area contributed by atoms with Crippen LogP contribution in [-0.4, -0.2) is 29.7 Å². The Kier molecular flexibility index (Phi) is 3.24. The number of halogens is 1. The SMILES string of the molecule is C=C(Br)C1CN(C(=O)OC(C)(C)C)C1. The van der Waals surface area contributed by atoms with E-state index in [1.54, 1.807) is 4.90 Å². The van der Waals surface area contributed by atoms with Gasteiger partial charge in [0.2, 0.25) is 0 Å². The summed E-state index contributed by atoms with van der Waals surface area (Å²) in [4.78, 5) is 13.2. The number of carbonyl (C=O) groups is 1. The number of nitrogens with zero attached hydrogens (tertiary/aromatic N) is 1. The number of hydrogen-bond donors (Lipinski definition) is 0. The summed E-state index contributed by atoms with van der Waals surface area (Å²) in [6, 6.07) is 0. The minimum absolute atomic E-state index is 0.234. The molecule has 0 bridgehead atoms. The summed E-state index contributed by atoms with van der Waals surface area (Å²) in [5.74, 6) is 0.377. The average Bonchev–Trinajstić information content (AvgIpc) is 1.75. The fraction of sp³-hybridized carbons (Fsp3) is 0.700. The molecule has 1 aliphatic rings. The van der Waals surface area contributed by atoms with Crippen LogP contribution >= 0.6 is 15.9 Å². The molecule has 1 fully saturated rings. The molecule has 0 radical (unpaired) electrons. The van der Waals surface area contributed by atoms with Crippen molar-refractivity contribution in [2.75, 3.05) is 13.1 Å². The Bertz CT molecular complexity index is 251. The van der Waals surface area contributed by atoms with Crippen molar-refractivity contribution in [3.05, 3.63) is 11.1 Å². The third-order valence-corrected chi connectivity index (χ3v) is 2.62. The van der Waals surface area contributed by atoms with Crippen LogP contribution < -0.4 is 0 Å². The molecule has 1 heterocycles. The highest BCUT2D eigenvalue weighted by Crippen LogP contribution is 2.27. The van der Waals surface area contributed by atoms with Crippen LogP contribution in [0, 0.1) is 5.92 Å². The highest BCUT2D eigenvalue weighted by atomic mass is 79.9. The van der Waals surface area contributed by atoms with E-state index in [2.05, 4.69) is 22.5 Å². The summed E-state index contributed by atoms with van der Waals surface area (Å²) >= 11 is 3.32. The van der Waals surface area contributed by atoms with E-state index in [4.69, 9.17) is 4.74 Å². The van der Waals surface area contributed by atoms with Gasteiger partial charge in [-0.15, -0.1) is 0 Å². The fourth-order valence-electron chi connectivity index (χ4n) is 1.15. The predicted octanol–water partition coefficient (Wildman–Crippen LogP) is 2.76. The maximum Gasteiger partial charge on any atom is 0.410 e. The van der Waals surface area contributed by atoms with Gasteiger partial charge in [-0.2, -0.15) is 0 Å². The zero-order chi connectivity index (χ0) is 10.9. The molecule has 1 saturated heterocycles. The topological polar surface area (TPSA) is 29.5 Å². The molecule has 1 amide bonds. The zero-order valence-corrected chi connectivity index (χ0v) is 10.4. The number of ether oxygens (including phenoxy) is 1. The summed E-state index contributed by atoms with van der Waals surface area (Å²) < 4.78 is 6.17. The molecular weight excluding hydrogens is 246 g/mol. The zero-order valence-electron chi connectivity index (χ0n) is 8.84. The quantitative estimate of drug-likeness (QED) is 0.727. The van der Waals surface area contributed by atoms with Crippen LogP contribution in [0.3, 0.4) is 0 Å². The molecule has 0 spiro atoms. The highest BCUT2D eigenvalue weighted by molar-refractivity contribution is 9.11. The third kappa shape index (κ3) is 3.01. The van der Waals surface area contributed by atoms with E-state index in [0.717, 1.165) is 4.48 Å². The summed E-state index contributed by atoms with van der Waals surface area (Å²) in [6.45, 7) is 10.8. The van der Waals surface area contributed by atoms with Crippen molar-refractivity contribution in [3.63, 3.8) is 0 Å². The van der Waals surface area contributed by atoms with Gasteiger partial charge in [-0.3, -0.25) is 0 Å². The summed E-state index contributed by atoms with van der Waals surface area (Å²) in [5, 5.41) is 0. The molecule has 0 aromatic rings. The summed E-state index contributed by atoms with van der Waals surface area (Å²) in [5.41, 5.74) is -0.409. The molecule has 0 N–H and O–H groups in total. The lowest BCUT2D eigenvalue weighted by Crippen LogP contribution is -2.51.